The third-order valence-corrected chi connectivity index (χ3v) is 6.09. The molecule has 10 heteroatoms. The molecule has 0 saturated heterocycles. The van der Waals surface area contributed by atoms with Crippen molar-refractivity contribution in [1.29, 1.82) is 0 Å². The minimum Gasteiger partial charge on any atom is -0.480 e. The monoisotopic (exact) mass is 410 g/mol. The lowest BCUT2D eigenvalue weighted by molar-refractivity contribution is -0.142. The molecule has 0 unspecified atom stereocenters. The van der Waals surface area contributed by atoms with Crippen LogP contribution in [-0.4, -0.2) is 62.0 Å². The molecular formula is C15H26N2O5S3. The molecule has 0 spiro atoms. The third kappa shape index (κ3) is 7.53. The van der Waals surface area contributed by atoms with Crippen LogP contribution >= 0.6 is 23.6 Å². The van der Waals surface area contributed by atoms with E-state index in [9.17, 15) is 18.3 Å². The van der Waals surface area contributed by atoms with Crippen LogP contribution in [0.25, 0.3) is 0 Å². The Hall–Kier alpha value is -0.810. The maximum Gasteiger partial charge on any atom is 0.320 e. The fraction of sp³-hybridized carbons (Fsp3) is 0.733. The predicted molar refractivity (Wildman–Crippen MR) is 101 cm³/mol. The summed E-state index contributed by atoms with van der Waals surface area (Å²) in [7, 11) is 0.103. The van der Waals surface area contributed by atoms with Gasteiger partial charge in [-0.3, -0.25) is 13.9 Å². The quantitative estimate of drug-likeness (QED) is 0.340. The molecule has 7 nitrogen and oxygen atoms in total. The number of carbonyl (C=O) groups is 1. The maximum absolute atomic E-state index is 11.2. The number of carboxylic acids is 1. The van der Waals surface area contributed by atoms with Gasteiger partial charge in [-0.2, -0.15) is 8.42 Å². The van der Waals surface area contributed by atoms with Crippen molar-refractivity contribution < 1.29 is 22.5 Å². The molecule has 0 aromatic carbocycles. The Bertz CT molecular complexity index is 737. The van der Waals surface area contributed by atoms with E-state index < -0.39 is 22.1 Å². The van der Waals surface area contributed by atoms with Gasteiger partial charge >= 0.3 is 5.97 Å². The Morgan fingerprint density at radius 1 is 1.40 bits per heavy atom. The fourth-order valence-electron chi connectivity index (χ4n) is 2.51. The van der Waals surface area contributed by atoms with Gasteiger partial charge < -0.3 is 9.67 Å². The highest BCUT2D eigenvalue weighted by Gasteiger charge is 2.19. The van der Waals surface area contributed by atoms with Crippen LogP contribution in [0.1, 0.15) is 29.8 Å². The van der Waals surface area contributed by atoms with E-state index in [1.54, 1.807) is 19.0 Å². The van der Waals surface area contributed by atoms with Gasteiger partial charge in [-0.05, 0) is 52.5 Å². The first kappa shape index (κ1) is 22.2. The Labute approximate surface area is 158 Å². The number of unbranched alkanes of at least 4 members (excludes halogenated alkanes) is 1. The van der Waals surface area contributed by atoms with E-state index in [-0.39, 0.29) is 6.61 Å². The first-order valence-corrected chi connectivity index (χ1v) is 11.0. The Kier molecular flexibility index (Phi) is 8.69. The van der Waals surface area contributed by atoms with Crippen LogP contribution in [0.5, 0.6) is 0 Å². The zero-order valence-corrected chi connectivity index (χ0v) is 17.5. The SMILES string of the molecule is Cc1c(CCOS(C)(=O)=O)sc(=S)n1CCCC[C@@H](C(=O)O)N(C)C. The molecule has 1 N–H and O–H groups in total. The predicted octanol–water partition coefficient (Wildman–Crippen LogP) is 2.29. The lowest BCUT2D eigenvalue weighted by atomic mass is 10.1. The summed E-state index contributed by atoms with van der Waals surface area (Å²) < 4.78 is 29.6. The number of carboxylic acid groups (broad SMARTS) is 1. The van der Waals surface area contributed by atoms with E-state index in [0.29, 0.717) is 12.8 Å². The number of aromatic nitrogens is 1. The molecule has 0 aliphatic heterocycles. The average Bonchev–Trinajstić information content (AvgIpc) is 2.72. The summed E-state index contributed by atoms with van der Waals surface area (Å²) in [6.07, 6.45) is 3.75. The van der Waals surface area contributed by atoms with Crippen molar-refractivity contribution in [2.24, 2.45) is 0 Å². The van der Waals surface area contributed by atoms with Gasteiger partial charge in [-0.25, -0.2) is 0 Å². The zero-order chi connectivity index (χ0) is 19.2. The number of thiazole rings is 1. The lowest BCUT2D eigenvalue weighted by Gasteiger charge is -2.19. The lowest BCUT2D eigenvalue weighted by Crippen LogP contribution is -2.35. The third-order valence-electron chi connectivity index (χ3n) is 3.88. The van der Waals surface area contributed by atoms with Gasteiger partial charge in [-0.1, -0.05) is 0 Å². The maximum atomic E-state index is 11.2. The summed E-state index contributed by atoms with van der Waals surface area (Å²) in [4.78, 5) is 13.9. The topological polar surface area (TPSA) is 88.8 Å². The molecule has 0 amide bonds. The molecule has 0 radical (unpaired) electrons. The van der Waals surface area contributed by atoms with Crippen molar-refractivity contribution in [3.05, 3.63) is 14.5 Å². The molecule has 25 heavy (non-hydrogen) atoms. The molecule has 1 aromatic rings. The highest BCUT2D eigenvalue weighted by molar-refractivity contribution is 7.85. The average molecular weight is 411 g/mol. The number of hydrogen-bond acceptors (Lipinski definition) is 7. The summed E-state index contributed by atoms with van der Waals surface area (Å²) >= 11 is 6.85. The van der Waals surface area contributed by atoms with E-state index in [0.717, 1.165) is 40.2 Å². The minimum absolute atomic E-state index is 0.109. The summed E-state index contributed by atoms with van der Waals surface area (Å²) in [6, 6.07) is -0.472. The number of aliphatic carboxylic acids is 1. The Balaban J connectivity index is 2.57. The molecule has 0 saturated carbocycles. The molecular weight excluding hydrogens is 384 g/mol. The number of likely N-dealkylation sites (N-methyl/N-ethyl adjacent to an activating group) is 1. The van der Waals surface area contributed by atoms with Crippen molar-refractivity contribution in [1.82, 2.24) is 9.47 Å². The van der Waals surface area contributed by atoms with Crippen molar-refractivity contribution >= 4 is 39.6 Å². The van der Waals surface area contributed by atoms with Crippen molar-refractivity contribution in [2.45, 2.75) is 45.2 Å². The molecule has 1 atom stereocenters. The van der Waals surface area contributed by atoms with Crippen LogP contribution < -0.4 is 0 Å². The second-order valence-electron chi connectivity index (χ2n) is 6.12. The van der Waals surface area contributed by atoms with E-state index in [4.69, 9.17) is 16.4 Å². The smallest absolute Gasteiger partial charge is 0.320 e. The first-order valence-electron chi connectivity index (χ1n) is 7.95. The van der Waals surface area contributed by atoms with Gasteiger partial charge in [0.25, 0.3) is 10.1 Å². The molecule has 1 heterocycles. The first-order chi connectivity index (χ1) is 11.5. The van der Waals surface area contributed by atoms with Gasteiger partial charge in [0.1, 0.15) is 6.04 Å². The molecule has 0 aliphatic carbocycles. The Morgan fingerprint density at radius 3 is 2.56 bits per heavy atom. The molecule has 0 fully saturated rings. The van der Waals surface area contributed by atoms with E-state index in [1.165, 1.54) is 11.3 Å². The molecule has 1 rings (SSSR count). The van der Waals surface area contributed by atoms with Crippen molar-refractivity contribution in [3.63, 3.8) is 0 Å². The van der Waals surface area contributed by atoms with Crippen LogP contribution in [0.2, 0.25) is 0 Å². The van der Waals surface area contributed by atoms with Crippen LogP contribution in [0.4, 0.5) is 0 Å². The zero-order valence-electron chi connectivity index (χ0n) is 15.0. The second-order valence-corrected chi connectivity index (χ2v) is 9.49. The largest absolute Gasteiger partial charge is 0.480 e. The normalized spacial score (nSPS) is 13.3. The van der Waals surface area contributed by atoms with Crippen LogP contribution in [0, 0.1) is 10.9 Å². The molecule has 0 bridgehead atoms. The summed E-state index contributed by atoms with van der Waals surface area (Å²) in [5, 5.41) is 9.17. The molecule has 144 valence electrons. The number of hydrogen-bond donors (Lipinski definition) is 1. The molecule has 0 aliphatic rings. The second kappa shape index (κ2) is 9.77. The van der Waals surface area contributed by atoms with Crippen LogP contribution in [0.3, 0.4) is 0 Å². The summed E-state index contributed by atoms with van der Waals surface area (Å²) in [5.74, 6) is -0.804. The molecule has 1 aromatic heterocycles. The van der Waals surface area contributed by atoms with Crippen LogP contribution in [-0.2, 0) is 32.1 Å². The van der Waals surface area contributed by atoms with Gasteiger partial charge in [0.2, 0.25) is 0 Å². The fourth-order valence-corrected chi connectivity index (χ4v) is 4.42. The van der Waals surface area contributed by atoms with Gasteiger partial charge in [0, 0.05) is 23.5 Å². The number of rotatable bonds is 11. The van der Waals surface area contributed by atoms with Gasteiger partial charge in [-0.15, -0.1) is 11.3 Å². The number of nitrogens with zero attached hydrogens (tertiary/aromatic N) is 2. The van der Waals surface area contributed by atoms with E-state index in [1.807, 2.05) is 11.5 Å². The van der Waals surface area contributed by atoms with Gasteiger partial charge in [0.05, 0.1) is 12.9 Å². The van der Waals surface area contributed by atoms with Gasteiger partial charge in [0.15, 0.2) is 3.95 Å². The Morgan fingerprint density at radius 2 is 2.04 bits per heavy atom. The highest BCUT2D eigenvalue weighted by atomic mass is 32.2. The van der Waals surface area contributed by atoms with Crippen LogP contribution in [0.15, 0.2) is 0 Å². The van der Waals surface area contributed by atoms with Crippen molar-refractivity contribution in [2.75, 3.05) is 27.0 Å². The minimum atomic E-state index is -3.43. The summed E-state index contributed by atoms with van der Waals surface area (Å²) in [6.45, 7) is 2.80. The van der Waals surface area contributed by atoms with Crippen molar-refractivity contribution in [3.8, 4) is 0 Å². The van der Waals surface area contributed by atoms with E-state index >= 15 is 0 Å². The van der Waals surface area contributed by atoms with E-state index in [2.05, 4.69) is 0 Å². The highest BCUT2D eigenvalue weighted by Crippen LogP contribution is 2.21. The standard InChI is InChI=1S/C15H26N2O5S3/c1-11-13(8-10-22-25(4,20)21)24-15(23)17(11)9-6-5-7-12(14(18)19)16(2)3/h12H,5-10H2,1-4H3,(H,18,19)/t12-/m0/s1. The summed E-state index contributed by atoms with van der Waals surface area (Å²) in [5.41, 5.74) is 1.02.